The number of carbonyl (C=O) groups excluding carboxylic acids is 2. The van der Waals surface area contributed by atoms with Gasteiger partial charge in [-0.1, -0.05) is 13.8 Å². The van der Waals surface area contributed by atoms with Gasteiger partial charge in [0.15, 0.2) is 0 Å². The van der Waals surface area contributed by atoms with E-state index < -0.39 is 0 Å². The van der Waals surface area contributed by atoms with E-state index in [1.54, 1.807) is 0 Å². The maximum absolute atomic E-state index is 11.4. The normalized spacial score (nSPS) is 14.0. The summed E-state index contributed by atoms with van der Waals surface area (Å²) in [5.41, 5.74) is 0. The van der Waals surface area contributed by atoms with Gasteiger partial charge >= 0.3 is 0 Å². The van der Waals surface area contributed by atoms with Gasteiger partial charge in [0.05, 0.1) is 0 Å². The lowest BCUT2D eigenvalue weighted by Gasteiger charge is -2.13. The van der Waals surface area contributed by atoms with E-state index in [1.807, 2.05) is 27.7 Å². The molecule has 0 saturated heterocycles. The SMILES string of the molecule is CC[C@H](C)NC(=O)CCC(=O)N[C@@H](C)CC. The van der Waals surface area contributed by atoms with Gasteiger partial charge in [-0.2, -0.15) is 0 Å². The van der Waals surface area contributed by atoms with Crippen LogP contribution in [0.4, 0.5) is 0 Å². The van der Waals surface area contributed by atoms with Crippen LogP contribution in [-0.2, 0) is 9.59 Å². The van der Waals surface area contributed by atoms with Crippen LogP contribution in [-0.4, -0.2) is 23.9 Å². The summed E-state index contributed by atoms with van der Waals surface area (Å²) in [5, 5.41) is 5.67. The molecule has 2 amide bonds. The molecule has 2 atom stereocenters. The fourth-order valence-electron chi connectivity index (χ4n) is 1.13. The Morgan fingerprint density at radius 2 is 1.19 bits per heavy atom. The van der Waals surface area contributed by atoms with E-state index in [-0.39, 0.29) is 36.7 Å². The first-order valence-electron chi connectivity index (χ1n) is 6.08. The Bertz CT molecular complexity index is 205. The van der Waals surface area contributed by atoms with Gasteiger partial charge in [0.1, 0.15) is 0 Å². The topological polar surface area (TPSA) is 58.2 Å². The second-order valence-electron chi connectivity index (χ2n) is 4.25. The average molecular weight is 228 g/mol. The van der Waals surface area contributed by atoms with E-state index in [0.717, 1.165) is 12.8 Å². The fraction of sp³-hybridized carbons (Fsp3) is 0.833. The highest BCUT2D eigenvalue weighted by Crippen LogP contribution is 1.95. The van der Waals surface area contributed by atoms with E-state index in [4.69, 9.17) is 0 Å². The minimum atomic E-state index is -0.0475. The molecular formula is C12H24N2O2. The molecule has 2 N–H and O–H groups in total. The van der Waals surface area contributed by atoms with E-state index in [2.05, 4.69) is 10.6 Å². The van der Waals surface area contributed by atoms with Crippen LogP contribution in [0.3, 0.4) is 0 Å². The van der Waals surface area contributed by atoms with Crippen molar-refractivity contribution in [1.29, 1.82) is 0 Å². The van der Waals surface area contributed by atoms with Gasteiger partial charge in [-0.25, -0.2) is 0 Å². The minimum Gasteiger partial charge on any atom is -0.354 e. The molecule has 0 saturated carbocycles. The summed E-state index contributed by atoms with van der Waals surface area (Å²) in [6.07, 6.45) is 2.36. The lowest BCUT2D eigenvalue weighted by Crippen LogP contribution is -2.35. The number of hydrogen-bond acceptors (Lipinski definition) is 2. The molecule has 0 aliphatic rings. The molecule has 0 aliphatic carbocycles. The summed E-state index contributed by atoms with van der Waals surface area (Å²) < 4.78 is 0. The van der Waals surface area contributed by atoms with Crippen molar-refractivity contribution >= 4 is 11.8 Å². The minimum absolute atomic E-state index is 0.0475. The Balaban J connectivity index is 3.71. The Morgan fingerprint density at radius 1 is 0.875 bits per heavy atom. The molecule has 0 fully saturated rings. The smallest absolute Gasteiger partial charge is 0.220 e. The van der Waals surface area contributed by atoms with Gasteiger partial charge in [-0.15, -0.1) is 0 Å². The van der Waals surface area contributed by atoms with E-state index in [1.165, 1.54) is 0 Å². The quantitative estimate of drug-likeness (QED) is 0.695. The van der Waals surface area contributed by atoms with E-state index in [9.17, 15) is 9.59 Å². The van der Waals surface area contributed by atoms with E-state index in [0.29, 0.717) is 0 Å². The molecular weight excluding hydrogens is 204 g/mol. The van der Waals surface area contributed by atoms with Crippen LogP contribution in [0.5, 0.6) is 0 Å². The standard InChI is InChI=1S/C12H24N2O2/c1-5-9(3)13-11(15)7-8-12(16)14-10(4)6-2/h9-10H,5-8H2,1-4H3,(H,13,15)(H,14,16)/t9-,10-/m0/s1. The maximum atomic E-state index is 11.4. The number of amides is 2. The van der Waals surface area contributed by atoms with Crippen molar-refractivity contribution in [2.45, 2.75) is 65.5 Å². The summed E-state index contributed by atoms with van der Waals surface area (Å²) in [6.45, 7) is 7.94. The summed E-state index contributed by atoms with van der Waals surface area (Å²) >= 11 is 0. The molecule has 4 heteroatoms. The highest BCUT2D eigenvalue weighted by molar-refractivity contribution is 5.83. The number of nitrogens with one attached hydrogen (secondary N) is 2. The van der Waals surface area contributed by atoms with Crippen molar-refractivity contribution in [2.75, 3.05) is 0 Å². The fourth-order valence-corrected chi connectivity index (χ4v) is 1.13. The van der Waals surface area contributed by atoms with Gasteiger partial charge < -0.3 is 10.6 Å². The third kappa shape index (κ3) is 7.26. The highest BCUT2D eigenvalue weighted by atomic mass is 16.2. The van der Waals surface area contributed by atoms with Crippen LogP contribution < -0.4 is 10.6 Å². The van der Waals surface area contributed by atoms with Gasteiger partial charge in [-0.05, 0) is 26.7 Å². The molecule has 0 spiro atoms. The highest BCUT2D eigenvalue weighted by Gasteiger charge is 2.10. The Kier molecular flexibility index (Phi) is 7.60. The molecule has 0 aliphatic heterocycles. The predicted molar refractivity (Wildman–Crippen MR) is 65.0 cm³/mol. The Hall–Kier alpha value is -1.06. The first-order valence-corrected chi connectivity index (χ1v) is 6.08. The van der Waals surface area contributed by atoms with E-state index >= 15 is 0 Å². The van der Waals surface area contributed by atoms with Crippen molar-refractivity contribution in [3.05, 3.63) is 0 Å². The molecule has 0 rings (SSSR count). The largest absolute Gasteiger partial charge is 0.354 e. The van der Waals surface area contributed by atoms with Gasteiger partial charge in [0.2, 0.25) is 11.8 Å². The molecule has 16 heavy (non-hydrogen) atoms. The summed E-state index contributed by atoms with van der Waals surface area (Å²) in [7, 11) is 0. The lowest BCUT2D eigenvalue weighted by molar-refractivity contribution is -0.127. The first kappa shape index (κ1) is 14.9. The van der Waals surface area contributed by atoms with Crippen LogP contribution in [0.25, 0.3) is 0 Å². The predicted octanol–water partition coefficient (Wildman–Crippen LogP) is 1.60. The molecule has 4 nitrogen and oxygen atoms in total. The van der Waals surface area contributed by atoms with Crippen molar-refractivity contribution in [2.24, 2.45) is 0 Å². The Morgan fingerprint density at radius 3 is 1.44 bits per heavy atom. The molecule has 0 unspecified atom stereocenters. The molecule has 0 bridgehead atoms. The molecule has 0 radical (unpaired) electrons. The second-order valence-corrected chi connectivity index (χ2v) is 4.25. The van der Waals surface area contributed by atoms with Crippen LogP contribution in [0.2, 0.25) is 0 Å². The van der Waals surface area contributed by atoms with Crippen molar-refractivity contribution in [3.8, 4) is 0 Å². The number of carbonyl (C=O) groups is 2. The summed E-state index contributed by atoms with van der Waals surface area (Å²) in [5.74, 6) is -0.0951. The van der Waals surface area contributed by atoms with Gasteiger partial charge in [-0.3, -0.25) is 9.59 Å². The third-order valence-corrected chi connectivity index (χ3v) is 2.62. The molecule has 0 aromatic heterocycles. The van der Waals surface area contributed by atoms with Crippen LogP contribution >= 0.6 is 0 Å². The van der Waals surface area contributed by atoms with Crippen molar-refractivity contribution < 1.29 is 9.59 Å². The first-order chi connectivity index (χ1) is 7.49. The van der Waals surface area contributed by atoms with Crippen molar-refractivity contribution in [3.63, 3.8) is 0 Å². The van der Waals surface area contributed by atoms with Gasteiger partial charge in [0, 0.05) is 24.9 Å². The monoisotopic (exact) mass is 228 g/mol. The maximum Gasteiger partial charge on any atom is 0.220 e. The van der Waals surface area contributed by atoms with Crippen LogP contribution in [0.15, 0.2) is 0 Å². The zero-order valence-electron chi connectivity index (χ0n) is 10.8. The zero-order valence-corrected chi connectivity index (χ0v) is 10.8. The number of hydrogen-bond donors (Lipinski definition) is 2. The number of rotatable bonds is 7. The molecule has 0 aromatic rings. The lowest BCUT2D eigenvalue weighted by atomic mass is 10.2. The van der Waals surface area contributed by atoms with Gasteiger partial charge in [0.25, 0.3) is 0 Å². The molecule has 0 heterocycles. The molecule has 0 aromatic carbocycles. The van der Waals surface area contributed by atoms with Crippen LogP contribution in [0, 0.1) is 0 Å². The average Bonchev–Trinajstić information content (AvgIpc) is 2.26. The zero-order chi connectivity index (χ0) is 12.6. The Labute approximate surface area is 98.2 Å². The molecule has 94 valence electrons. The van der Waals surface area contributed by atoms with Crippen molar-refractivity contribution in [1.82, 2.24) is 10.6 Å². The summed E-state index contributed by atoms with van der Waals surface area (Å²) in [6, 6.07) is 0.371. The summed E-state index contributed by atoms with van der Waals surface area (Å²) in [4.78, 5) is 22.8. The second kappa shape index (κ2) is 8.13. The van der Waals surface area contributed by atoms with Crippen LogP contribution in [0.1, 0.15) is 53.4 Å². The third-order valence-electron chi connectivity index (χ3n) is 2.62.